The Morgan fingerprint density at radius 1 is 0.762 bits per heavy atom. The second-order valence-electron chi connectivity index (χ2n) is 25.9. The summed E-state index contributed by atoms with van der Waals surface area (Å²) in [5, 5.41) is 63.2. The van der Waals surface area contributed by atoms with Crippen molar-refractivity contribution in [3.8, 4) is 0 Å². The molecular formula is C67H107N3O13P+. The van der Waals surface area contributed by atoms with E-state index in [1.165, 1.54) is 42.9 Å². The molecule has 0 bridgehead atoms. The van der Waals surface area contributed by atoms with Gasteiger partial charge < -0.3 is 63.8 Å². The van der Waals surface area contributed by atoms with E-state index in [9.17, 15) is 35.1 Å². The van der Waals surface area contributed by atoms with E-state index < -0.39 is 109 Å². The predicted octanol–water partition coefficient (Wildman–Crippen LogP) is 8.48. The largest absolute Gasteiger partial charge is 0.459 e. The van der Waals surface area contributed by atoms with Crippen molar-refractivity contribution >= 4 is 35.2 Å². The van der Waals surface area contributed by atoms with Gasteiger partial charge in [-0.05, 0) is 137 Å². The van der Waals surface area contributed by atoms with Gasteiger partial charge in [0.15, 0.2) is 18.0 Å². The first-order valence-corrected chi connectivity index (χ1v) is 33.5. The van der Waals surface area contributed by atoms with E-state index in [0.29, 0.717) is 12.8 Å². The molecule has 3 fully saturated rings. The van der Waals surface area contributed by atoms with Gasteiger partial charge in [0.2, 0.25) is 5.91 Å². The lowest BCUT2D eigenvalue weighted by Gasteiger charge is -2.48. The van der Waals surface area contributed by atoms with Crippen LogP contribution in [0.15, 0.2) is 85.1 Å². The molecule has 3 aliphatic rings. The van der Waals surface area contributed by atoms with Crippen molar-refractivity contribution in [3.63, 3.8) is 0 Å². The Bertz CT molecular complexity index is 2330. The van der Waals surface area contributed by atoms with Crippen LogP contribution in [-0.4, -0.2) is 176 Å². The Labute approximate surface area is 504 Å². The summed E-state index contributed by atoms with van der Waals surface area (Å²) in [5.41, 5.74) is -3.62. The molecule has 0 radical (unpaired) electrons. The number of carbonyl (C=O) groups is 2. The lowest BCUT2D eigenvalue weighted by atomic mass is 9.77. The SMILES string of the molecule is CC[C@H]1OC(=O)[C@H](C)[C@@H](O[C@H]2C[C@@](C)(OC)[C@@H](O)[C@H](C)O2)[C@H](C)[C@@H](O[C@@H]2O[C@H](C)C[C@H](N(C)C)[C@H]2O)[C@](C)(O)C[C@@H](C)CN(C(=O)CCCCCCCCCCCC[P+](c2ccccc2)(c2ccccc2)c2ccccn2)[C@H](C)[C@@H](O)[C@]1(C)O. The summed E-state index contributed by atoms with van der Waals surface area (Å²) in [6.45, 7) is 17.4. The first-order chi connectivity index (χ1) is 39.8. The normalized spacial score (nSPS) is 35.1. The van der Waals surface area contributed by atoms with Crippen LogP contribution in [0.5, 0.6) is 0 Å². The van der Waals surface area contributed by atoms with Gasteiger partial charge in [-0.1, -0.05) is 108 Å². The zero-order valence-electron chi connectivity index (χ0n) is 53.1. The lowest BCUT2D eigenvalue weighted by molar-refractivity contribution is -0.318. The average Bonchev–Trinajstić information content (AvgIpc) is 3.52. The van der Waals surface area contributed by atoms with Crippen LogP contribution in [0.3, 0.4) is 0 Å². The monoisotopic (exact) mass is 1190 g/mol. The molecule has 17 heteroatoms. The van der Waals surface area contributed by atoms with Gasteiger partial charge in [-0.25, -0.2) is 4.98 Å². The minimum Gasteiger partial charge on any atom is -0.459 e. The lowest BCUT2D eigenvalue weighted by Crippen LogP contribution is -2.60. The molecule has 472 valence electrons. The molecule has 18 atom stereocenters. The molecule has 3 aliphatic heterocycles. The Morgan fingerprint density at radius 3 is 1.88 bits per heavy atom. The second-order valence-corrected chi connectivity index (χ2v) is 29.5. The molecule has 1 amide bonds. The number of aromatic nitrogens is 1. The molecule has 0 aliphatic carbocycles. The van der Waals surface area contributed by atoms with Gasteiger partial charge >= 0.3 is 5.97 Å². The van der Waals surface area contributed by atoms with E-state index in [1.54, 1.807) is 53.4 Å². The van der Waals surface area contributed by atoms with Crippen LogP contribution in [-0.2, 0) is 38.0 Å². The second kappa shape index (κ2) is 31.6. The maximum Gasteiger partial charge on any atom is 0.311 e. The van der Waals surface area contributed by atoms with E-state index in [4.69, 9.17) is 33.4 Å². The van der Waals surface area contributed by atoms with Gasteiger partial charge in [0.25, 0.3) is 0 Å². The molecule has 5 N–H and O–H groups in total. The third kappa shape index (κ3) is 17.2. The van der Waals surface area contributed by atoms with Crippen LogP contribution in [0.2, 0.25) is 0 Å². The molecular weight excluding hydrogens is 1090 g/mol. The number of benzene rings is 2. The first-order valence-electron chi connectivity index (χ1n) is 31.6. The highest BCUT2D eigenvalue weighted by molar-refractivity contribution is 7.95. The summed E-state index contributed by atoms with van der Waals surface area (Å²) in [6.07, 6.45) is 4.21. The maximum atomic E-state index is 14.7. The quantitative estimate of drug-likeness (QED) is 0.0343. The van der Waals surface area contributed by atoms with Gasteiger partial charge in [-0.2, -0.15) is 0 Å². The summed E-state index contributed by atoms with van der Waals surface area (Å²) >= 11 is 0. The van der Waals surface area contributed by atoms with Gasteiger partial charge in [0, 0.05) is 50.7 Å². The molecule has 0 spiro atoms. The number of hydrogen-bond donors (Lipinski definition) is 5. The summed E-state index contributed by atoms with van der Waals surface area (Å²) < 4.78 is 38.3. The number of amides is 1. The number of carbonyl (C=O) groups excluding carboxylic acids is 2. The number of cyclic esters (lactones) is 1. The first kappa shape index (κ1) is 69.6. The van der Waals surface area contributed by atoms with E-state index in [0.717, 1.165) is 51.1 Å². The van der Waals surface area contributed by atoms with Crippen LogP contribution in [0.4, 0.5) is 0 Å². The van der Waals surface area contributed by atoms with Crippen LogP contribution in [0, 0.1) is 17.8 Å². The van der Waals surface area contributed by atoms with Crippen LogP contribution < -0.4 is 16.0 Å². The molecule has 1 aromatic heterocycles. The number of pyridine rings is 1. The van der Waals surface area contributed by atoms with E-state index >= 15 is 0 Å². The maximum absolute atomic E-state index is 14.7. The fourth-order valence-electron chi connectivity index (χ4n) is 13.8. The number of methoxy groups -OCH3 is 1. The highest BCUT2D eigenvalue weighted by Gasteiger charge is 2.53. The number of hydrogen-bond acceptors (Lipinski definition) is 15. The Balaban J connectivity index is 1.13. The molecule has 4 heterocycles. The molecule has 2 aromatic carbocycles. The molecule has 16 nitrogen and oxygen atoms in total. The summed E-state index contributed by atoms with van der Waals surface area (Å²) in [4.78, 5) is 37.8. The van der Waals surface area contributed by atoms with E-state index in [2.05, 4.69) is 72.8 Å². The van der Waals surface area contributed by atoms with Crippen LogP contribution in [0.25, 0.3) is 0 Å². The zero-order valence-corrected chi connectivity index (χ0v) is 53.9. The molecule has 3 aromatic rings. The zero-order chi connectivity index (χ0) is 61.6. The highest BCUT2D eigenvalue weighted by Crippen LogP contribution is 2.55. The minimum atomic E-state index is -2.01. The average molecular weight is 1190 g/mol. The third-order valence-electron chi connectivity index (χ3n) is 18.8. The molecule has 84 heavy (non-hydrogen) atoms. The number of esters is 1. The fourth-order valence-corrected chi connectivity index (χ4v) is 18.0. The predicted molar refractivity (Wildman–Crippen MR) is 332 cm³/mol. The van der Waals surface area contributed by atoms with E-state index in [-0.39, 0.29) is 50.3 Å². The van der Waals surface area contributed by atoms with Crippen molar-refractivity contribution in [2.45, 2.75) is 256 Å². The summed E-state index contributed by atoms with van der Waals surface area (Å²) in [5.74, 6) is -3.27. The minimum absolute atomic E-state index is 0.0726. The standard InChI is InChI=1S/C67H107N3O13P/c1-14-54-67(10,77)60(73)49(6)70(56(71)38-29-21-19-17-15-16-18-20-22-32-40-84(51-33-25-23-26-34-51,52-35-27-24-28-36-52)55-37-30-31-39-68-55)44-45(2)42-65(8,76)62(83-64-58(72)53(69(11)12)41-46(3)79-64)47(4)59(48(5)63(75)81-54)82-57-43-66(9,78-13)61(74)50(7)80-57/h23-28,30-31,33-37,39,45-50,53-54,57-62,64,72-74,76-77H,14-22,29,32,38,40-44H2,1-13H3/q+1/t45-,46-,47+,48-,49-,50+,53+,54-,57+,58-,59+,60-,61+,62-,64+,65-,66-,67-/m1/s1. The molecule has 3 saturated heterocycles. The van der Waals surface area contributed by atoms with Crippen molar-refractivity contribution in [3.05, 3.63) is 85.1 Å². The third-order valence-corrected chi connectivity index (χ3v) is 23.2. The smallest absolute Gasteiger partial charge is 0.311 e. The number of ether oxygens (including phenoxy) is 6. The Hall–Kier alpha value is -3.48. The van der Waals surface area contributed by atoms with Crippen LogP contribution >= 0.6 is 7.26 Å². The Morgan fingerprint density at radius 2 is 1.33 bits per heavy atom. The number of rotatable bonds is 23. The highest BCUT2D eigenvalue weighted by atomic mass is 31.2. The van der Waals surface area contributed by atoms with Crippen molar-refractivity contribution < 1.29 is 63.5 Å². The van der Waals surface area contributed by atoms with E-state index in [1.807, 2.05) is 45.1 Å². The van der Waals surface area contributed by atoms with Crippen LogP contribution in [0.1, 0.15) is 166 Å². The summed E-state index contributed by atoms with van der Waals surface area (Å²) in [7, 11) is 3.33. The van der Waals surface area contributed by atoms with Crippen molar-refractivity contribution in [2.75, 3.05) is 33.9 Å². The van der Waals surface area contributed by atoms with Crippen molar-refractivity contribution in [2.24, 2.45) is 17.8 Å². The van der Waals surface area contributed by atoms with Gasteiger partial charge in [-0.3, -0.25) is 9.59 Å². The van der Waals surface area contributed by atoms with Crippen molar-refractivity contribution in [1.29, 1.82) is 0 Å². The number of aliphatic hydroxyl groups excluding tert-OH is 3. The van der Waals surface area contributed by atoms with Gasteiger partial charge in [-0.15, -0.1) is 0 Å². The number of nitrogens with zero attached hydrogens (tertiary/aromatic N) is 3. The topological polar surface area (TPSA) is 210 Å². The summed E-state index contributed by atoms with van der Waals surface area (Å²) in [6, 6.07) is 27.0. The Kier molecular flexibility index (Phi) is 26.2. The number of likely N-dealkylation sites (N-methyl/N-ethyl adjacent to an activating group) is 1. The van der Waals surface area contributed by atoms with Crippen molar-refractivity contribution in [1.82, 2.24) is 14.8 Å². The number of aliphatic hydroxyl groups is 5. The number of unbranched alkanes of at least 4 members (excludes halogenated alkanes) is 9. The molecule has 0 saturated carbocycles. The molecule has 6 rings (SSSR count). The van der Waals surface area contributed by atoms with Gasteiger partial charge in [0.1, 0.15) is 47.9 Å². The molecule has 0 unspecified atom stereocenters. The fraction of sp³-hybridized carbons (Fsp3) is 0.716. The van der Waals surface area contributed by atoms with Gasteiger partial charge in [0.05, 0.1) is 53.7 Å².